The van der Waals surface area contributed by atoms with E-state index in [1.54, 1.807) is 7.05 Å². The number of hydrogen-bond acceptors (Lipinski definition) is 1. The molecule has 0 aliphatic carbocycles. The second-order valence-corrected chi connectivity index (χ2v) is 4.77. The molecular formula is C15H14ClF2N. The van der Waals surface area contributed by atoms with Crippen LogP contribution in [-0.4, -0.2) is 7.05 Å². The standard InChI is InChI=1S/C15H14ClF2N/c1-9-5-3-4-6-10(9)15(19-2)11-7-13(17)14(18)8-12(11)16/h3-8,15,19H,1-2H3. The zero-order chi connectivity index (χ0) is 14.0. The molecule has 0 aromatic heterocycles. The van der Waals surface area contributed by atoms with Crippen molar-refractivity contribution in [3.05, 3.63) is 69.7 Å². The van der Waals surface area contributed by atoms with Crippen molar-refractivity contribution in [2.45, 2.75) is 13.0 Å². The Kier molecular flexibility index (Phi) is 4.17. The van der Waals surface area contributed by atoms with Gasteiger partial charge in [-0.25, -0.2) is 8.78 Å². The van der Waals surface area contributed by atoms with E-state index in [0.29, 0.717) is 5.56 Å². The Balaban J connectivity index is 2.55. The van der Waals surface area contributed by atoms with Gasteiger partial charge in [0.25, 0.3) is 0 Å². The Bertz CT molecular complexity index is 599. The Labute approximate surface area is 116 Å². The topological polar surface area (TPSA) is 12.0 Å². The normalized spacial score (nSPS) is 12.5. The van der Waals surface area contributed by atoms with Crippen LogP contribution in [0.2, 0.25) is 5.02 Å². The molecule has 2 aromatic carbocycles. The largest absolute Gasteiger partial charge is 0.309 e. The summed E-state index contributed by atoms with van der Waals surface area (Å²) in [5.74, 6) is -1.83. The molecule has 0 radical (unpaired) electrons. The summed E-state index contributed by atoms with van der Waals surface area (Å²) in [4.78, 5) is 0. The SMILES string of the molecule is CNC(c1ccccc1C)c1cc(F)c(F)cc1Cl. The van der Waals surface area contributed by atoms with E-state index in [4.69, 9.17) is 11.6 Å². The molecule has 1 unspecified atom stereocenters. The molecule has 0 bridgehead atoms. The van der Waals surface area contributed by atoms with Gasteiger partial charge >= 0.3 is 0 Å². The first-order valence-electron chi connectivity index (χ1n) is 5.92. The highest BCUT2D eigenvalue weighted by Crippen LogP contribution is 2.31. The van der Waals surface area contributed by atoms with Crippen molar-refractivity contribution < 1.29 is 8.78 Å². The maximum Gasteiger partial charge on any atom is 0.160 e. The molecule has 0 amide bonds. The highest BCUT2D eigenvalue weighted by molar-refractivity contribution is 6.31. The van der Waals surface area contributed by atoms with Crippen molar-refractivity contribution in [2.24, 2.45) is 0 Å². The van der Waals surface area contributed by atoms with Crippen LogP contribution in [0.3, 0.4) is 0 Å². The van der Waals surface area contributed by atoms with Crippen molar-refractivity contribution in [3.8, 4) is 0 Å². The Morgan fingerprint density at radius 1 is 1.05 bits per heavy atom. The minimum absolute atomic E-state index is 0.210. The first-order chi connectivity index (χ1) is 9.04. The monoisotopic (exact) mass is 281 g/mol. The van der Waals surface area contributed by atoms with Gasteiger partial charge in [-0.2, -0.15) is 0 Å². The van der Waals surface area contributed by atoms with Gasteiger partial charge in [-0.15, -0.1) is 0 Å². The van der Waals surface area contributed by atoms with Gasteiger partial charge in [0.05, 0.1) is 6.04 Å². The van der Waals surface area contributed by atoms with E-state index in [-0.39, 0.29) is 11.1 Å². The predicted molar refractivity (Wildman–Crippen MR) is 73.4 cm³/mol. The maximum atomic E-state index is 13.4. The van der Waals surface area contributed by atoms with Crippen LogP contribution in [0.15, 0.2) is 36.4 Å². The summed E-state index contributed by atoms with van der Waals surface area (Å²) in [5, 5.41) is 3.30. The smallest absolute Gasteiger partial charge is 0.160 e. The molecule has 2 aromatic rings. The van der Waals surface area contributed by atoms with E-state index >= 15 is 0 Å². The molecule has 1 nitrogen and oxygen atoms in total. The quantitative estimate of drug-likeness (QED) is 0.830. The second-order valence-electron chi connectivity index (χ2n) is 4.37. The molecule has 0 saturated carbocycles. The van der Waals surface area contributed by atoms with E-state index in [1.165, 1.54) is 0 Å². The summed E-state index contributed by atoms with van der Waals surface area (Å²) in [6.45, 7) is 1.97. The molecule has 19 heavy (non-hydrogen) atoms. The number of rotatable bonds is 3. The van der Waals surface area contributed by atoms with Crippen LogP contribution in [0, 0.1) is 18.6 Å². The predicted octanol–water partition coefficient (Wildman–Crippen LogP) is 4.24. The third-order valence-corrected chi connectivity index (χ3v) is 3.47. The lowest BCUT2D eigenvalue weighted by Gasteiger charge is -2.20. The van der Waals surface area contributed by atoms with Gasteiger partial charge in [-0.3, -0.25) is 0 Å². The van der Waals surface area contributed by atoms with Crippen LogP contribution in [-0.2, 0) is 0 Å². The number of benzene rings is 2. The van der Waals surface area contributed by atoms with Gasteiger partial charge in [-0.1, -0.05) is 35.9 Å². The van der Waals surface area contributed by atoms with E-state index in [2.05, 4.69) is 5.32 Å². The zero-order valence-electron chi connectivity index (χ0n) is 10.7. The van der Waals surface area contributed by atoms with E-state index < -0.39 is 11.6 Å². The van der Waals surface area contributed by atoms with Crippen LogP contribution >= 0.6 is 11.6 Å². The molecule has 0 saturated heterocycles. The third-order valence-electron chi connectivity index (χ3n) is 3.14. The third kappa shape index (κ3) is 2.77. The molecule has 0 aliphatic heterocycles. The molecule has 0 spiro atoms. The lowest BCUT2D eigenvalue weighted by Crippen LogP contribution is -2.19. The lowest BCUT2D eigenvalue weighted by atomic mass is 9.95. The van der Waals surface area contributed by atoms with Gasteiger partial charge in [0.1, 0.15) is 0 Å². The number of nitrogens with one attached hydrogen (secondary N) is 1. The highest BCUT2D eigenvalue weighted by atomic mass is 35.5. The van der Waals surface area contributed by atoms with Crippen molar-refractivity contribution in [3.63, 3.8) is 0 Å². The molecule has 100 valence electrons. The van der Waals surface area contributed by atoms with E-state index in [0.717, 1.165) is 23.3 Å². The first kappa shape index (κ1) is 14.0. The summed E-state index contributed by atoms with van der Waals surface area (Å²) in [7, 11) is 1.76. The number of halogens is 3. The van der Waals surface area contributed by atoms with Crippen molar-refractivity contribution in [1.82, 2.24) is 5.32 Å². The fourth-order valence-corrected chi connectivity index (χ4v) is 2.41. The molecule has 0 heterocycles. The second kappa shape index (κ2) is 5.68. The van der Waals surface area contributed by atoms with Crippen molar-refractivity contribution in [2.75, 3.05) is 7.05 Å². The lowest BCUT2D eigenvalue weighted by molar-refractivity contribution is 0.505. The van der Waals surface area contributed by atoms with E-state index in [9.17, 15) is 8.78 Å². The average molecular weight is 282 g/mol. The molecule has 0 fully saturated rings. The molecule has 4 heteroatoms. The van der Waals surface area contributed by atoms with Crippen molar-refractivity contribution in [1.29, 1.82) is 0 Å². The highest BCUT2D eigenvalue weighted by Gasteiger charge is 2.19. The molecule has 1 atom stereocenters. The molecule has 0 aliphatic rings. The van der Waals surface area contributed by atoms with Gasteiger partial charge < -0.3 is 5.32 Å². The van der Waals surface area contributed by atoms with Crippen LogP contribution in [0.4, 0.5) is 8.78 Å². The van der Waals surface area contributed by atoms with Gasteiger partial charge in [0.2, 0.25) is 0 Å². The summed E-state index contributed by atoms with van der Waals surface area (Å²) in [6.07, 6.45) is 0. The van der Waals surface area contributed by atoms with Crippen LogP contribution in [0.1, 0.15) is 22.7 Å². The Morgan fingerprint density at radius 3 is 2.32 bits per heavy atom. The minimum Gasteiger partial charge on any atom is -0.309 e. The number of hydrogen-bond donors (Lipinski definition) is 1. The van der Waals surface area contributed by atoms with Gasteiger partial charge in [0.15, 0.2) is 11.6 Å². The molecule has 2 rings (SSSR count). The fourth-order valence-electron chi connectivity index (χ4n) is 2.15. The maximum absolute atomic E-state index is 13.4. The minimum atomic E-state index is -0.937. The summed E-state index contributed by atoms with van der Waals surface area (Å²) < 4.78 is 26.5. The van der Waals surface area contributed by atoms with Crippen LogP contribution in [0.5, 0.6) is 0 Å². The average Bonchev–Trinajstić information content (AvgIpc) is 2.38. The van der Waals surface area contributed by atoms with Gasteiger partial charge in [0, 0.05) is 5.02 Å². The zero-order valence-corrected chi connectivity index (χ0v) is 11.4. The summed E-state index contributed by atoms with van der Waals surface area (Å²) in [6, 6.07) is 9.62. The van der Waals surface area contributed by atoms with Crippen molar-refractivity contribution >= 4 is 11.6 Å². The summed E-state index contributed by atoms with van der Waals surface area (Å²) >= 11 is 6.03. The van der Waals surface area contributed by atoms with Gasteiger partial charge in [-0.05, 0) is 42.8 Å². The Hall–Kier alpha value is -1.45. The van der Waals surface area contributed by atoms with Crippen LogP contribution in [0.25, 0.3) is 0 Å². The molecule has 1 N–H and O–H groups in total. The first-order valence-corrected chi connectivity index (χ1v) is 6.29. The molecular weight excluding hydrogens is 268 g/mol. The fraction of sp³-hybridized carbons (Fsp3) is 0.200. The van der Waals surface area contributed by atoms with Crippen LogP contribution < -0.4 is 5.32 Å². The van der Waals surface area contributed by atoms with E-state index in [1.807, 2.05) is 31.2 Å². The Morgan fingerprint density at radius 2 is 1.68 bits per heavy atom. The number of aryl methyl sites for hydroxylation is 1. The summed E-state index contributed by atoms with van der Waals surface area (Å²) in [5.41, 5.74) is 2.57.